The normalized spacial score (nSPS) is 17.3. The third-order valence-electron chi connectivity index (χ3n) is 5.94. The van der Waals surface area contributed by atoms with Crippen molar-refractivity contribution in [2.75, 3.05) is 4.90 Å². The molecule has 3 aromatic carbocycles. The molecular weight excluding hydrogens is 466 g/mol. The minimum atomic E-state index is -1.00. The number of non-ortho nitro benzene ring substituents is 1. The number of aryl methyl sites for hydroxylation is 2. The summed E-state index contributed by atoms with van der Waals surface area (Å²) in [5.74, 6) is -1.98. The number of anilines is 1. The second kappa shape index (κ2) is 8.44. The largest absolute Gasteiger partial charge is 0.507 e. The van der Waals surface area contributed by atoms with Crippen LogP contribution in [-0.4, -0.2) is 26.7 Å². The summed E-state index contributed by atoms with van der Waals surface area (Å²) >= 11 is 1.27. The van der Waals surface area contributed by atoms with Gasteiger partial charge in [-0.2, -0.15) is 0 Å². The zero-order valence-electron chi connectivity index (χ0n) is 18.8. The maximum atomic E-state index is 13.3. The van der Waals surface area contributed by atoms with Gasteiger partial charge < -0.3 is 5.11 Å². The van der Waals surface area contributed by atoms with Crippen LogP contribution >= 0.6 is 11.3 Å². The Kier molecular flexibility index (Phi) is 5.41. The molecule has 1 fully saturated rings. The molecule has 0 aliphatic carbocycles. The minimum Gasteiger partial charge on any atom is -0.507 e. The molecule has 1 N–H and O–H groups in total. The van der Waals surface area contributed by atoms with Crippen molar-refractivity contribution >= 4 is 49.8 Å². The quantitative estimate of drug-likeness (QED) is 0.135. The molecule has 0 saturated carbocycles. The number of hydrogen-bond donors (Lipinski definition) is 1. The number of carbonyl (C=O) groups excluding carboxylic acids is 2. The molecule has 1 aliphatic rings. The molecule has 0 unspecified atom stereocenters. The third kappa shape index (κ3) is 3.75. The standard InChI is InChI=1S/C26H19N3O5S/c1-14-12-15(2)21-19(13-14)35-26(27-21)28-22(16-8-10-18(11-9-16)29(33)34)20(24(31)25(28)32)23(30)17-6-4-3-5-7-17/h3-13,22,30H,1-2H3/b23-20+/t22-/m0/s1. The summed E-state index contributed by atoms with van der Waals surface area (Å²) < 4.78 is 0.866. The van der Waals surface area contributed by atoms with Crippen LogP contribution in [0.2, 0.25) is 0 Å². The Morgan fingerprint density at radius 3 is 2.40 bits per heavy atom. The van der Waals surface area contributed by atoms with Crippen molar-refractivity contribution in [2.24, 2.45) is 0 Å². The number of hydrogen-bond acceptors (Lipinski definition) is 7. The Bertz CT molecular complexity index is 1540. The van der Waals surface area contributed by atoms with Crippen LogP contribution in [0.5, 0.6) is 0 Å². The molecule has 35 heavy (non-hydrogen) atoms. The van der Waals surface area contributed by atoms with Gasteiger partial charge in [-0.3, -0.25) is 24.6 Å². The summed E-state index contributed by atoms with van der Waals surface area (Å²) in [6.45, 7) is 3.89. The monoisotopic (exact) mass is 485 g/mol. The number of aliphatic hydroxyl groups excluding tert-OH is 1. The van der Waals surface area contributed by atoms with E-state index in [1.165, 1.54) is 40.5 Å². The van der Waals surface area contributed by atoms with Crippen molar-refractivity contribution in [2.45, 2.75) is 19.9 Å². The van der Waals surface area contributed by atoms with Gasteiger partial charge in [0.2, 0.25) is 0 Å². The van der Waals surface area contributed by atoms with Gasteiger partial charge in [-0.05, 0) is 48.7 Å². The predicted molar refractivity (Wildman–Crippen MR) is 133 cm³/mol. The van der Waals surface area contributed by atoms with Gasteiger partial charge in [-0.1, -0.05) is 47.7 Å². The van der Waals surface area contributed by atoms with Crippen LogP contribution in [0.15, 0.2) is 72.3 Å². The minimum absolute atomic E-state index is 0.0952. The number of carbonyl (C=O) groups is 2. The lowest BCUT2D eigenvalue weighted by Crippen LogP contribution is -2.29. The predicted octanol–water partition coefficient (Wildman–Crippen LogP) is 5.45. The maximum absolute atomic E-state index is 13.3. The highest BCUT2D eigenvalue weighted by atomic mass is 32.1. The van der Waals surface area contributed by atoms with E-state index in [2.05, 4.69) is 4.98 Å². The first kappa shape index (κ1) is 22.4. The molecule has 1 atom stereocenters. The van der Waals surface area contributed by atoms with Crippen molar-refractivity contribution in [1.29, 1.82) is 0 Å². The zero-order chi connectivity index (χ0) is 24.9. The molecule has 174 valence electrons. The lowest BCUT2D eigenvalue weighted by Gasteiger charge is -2.22. The number of rotatable bonds is 4. The fraction of sp³-hybridized carbons (Fsp3) is 0.115. The van der Waals surface area contributed by atoms with E-state index in [0.717, 1.165) is 21.3 Å². The number of thiazole rings is 1. The summed E-state index contributed by atoms with van der Waals surface area (Å²) in [7, 11) is 0. The number of nitro groups is 1. The lowest BCUT2D eigenvalue weighted by molar-refractivity contribution is -0.384. The van der Waals surface area contributed by atoms with Crippen LogP contribution in [0.3, 0.4) is 0 Å². The van der Waals surface area contributed by atoms with Gasteiger partial charge in [-0.25, -0.2) is 4.98 Å². The molecule has 8 nitrogen and oxygen atoms in total. The van der Waals surface area contributed by atoms with E-state index in [9.17, 15) is 24.8 Å². The Morgan fingerprint density at radius 2 is 1.74 bits per heavy atom. The summed E-state index contributed by atoms with van der Waals surface area (Å²) in [6.07, 6.45) is 0. The number of ketones is 1. The van der Waals surface area contributed by atoms with Crippen molar-refractivity contribution in [3.63, 3.8) is 0 Å². The number of aliphatic hydroxyl groups is 1. The summed E-state index contributed by atoms with van der Waals surface area (Å²) in [5, 5.41) is 22.6. The fourth-order valence-corrected chi connectivity index (χ4v) is 5.51. The maximum Gasteiger partial charge on any atom is 0.301 e. The smallest absolute Gasteiger partial charge is 0.301 e. The Morgan fingerprint density at radius 1 is 1.06 bits per heavy atom. The van der Waals surface area contributed by atoms with Crippen LogP contribution in [-0.2, 0) is 9.59 Å². The van der Waals surface area contributed by atoms with Crippen LogP contribution in [0.25, 0.3) is 16.0 Å². The number of benzene rings is 3. The van der Waals surface area contributed by atoms with Crippen LogP contribution in [0.1, 0.15) is 28.3 Å². The highest BCUT2D eigenvalue weighted by molar-refractivity contribution is 7.22. The number of fused-ring (bicyclic) bond motifs is 1. The van der Waals surface area contributed by atoms with Gasteiger partial charge in [0, 0.05) is 17.7 Å². The molecule has 4 aromatic rings. The molecule has 1 aromatic heterocycles. The van der Waals surface area contributed by atoms with E-state index in [1.807, 2.05) is 26.0 Å². The van der Waals surface area contributed by atoms with E-state index in [1.54, 1.807) is 30.3 Å². The Labute approximate surface area is 203 Å². The summed E-state index contributed by atoms with van der Waals surface area (Å²) in [6, 6.07) is 17.0. The highest BCUT2D eigenvalue weighted by Crippen LogP contribution is 2.44. The first-order chi connectivity index (χ1) is 16.8. The fourth-order valence-electron chi connectivity index (χ4n) is 4.34. The third-order valence-corrected chi connectivity index (χ3v) is 6.94. The zero-order valence-corrected chi connectivity index (χ0v) is 19.6. The average molecular weight is 486 g/mol. The molecule has 0 spiro atoms. The lowest BCUT2D eigenvalue weighted by atomic mass is 9.95. The van der Waals surface area contributed by atoms with E-state index in [-0.39, 0.29) is 17.0 Å². The van der Waals surface area contributed by atoms with Gasteiger partial charge in [0.05, 0.1) is 26.8 Å². The van der Waals surface area contributed by atoms with Gasteiger partial charge >= 0.3 is 5.91 Å². The average Bonchev–Trinajstić information content (AvgIpc) is 3.38. The molecule has 2 heterocycles. The van der Waals surface area contributed by atoms with Gasteiger partial charge in [0.15, 0.2) is 5.13 Å². The number of amides is 1. The van der Waals surface area contributed by atoms with E-state index in [4.69, 9.17) is 0 Å². The molecule has 9 heteroatoms. The van der Waals surface area contributed by atoms with Gasteiger partial charge in [0.25, 0.3) is 11.5 Å². The number of aromatic nitrogens is 1. The summed E-state index contributed by atoms with van der Waals surface area (Å²) in [4.78, 5) is 43.2. The van der Waals surface area contributed by atoms with Crippen LogP contribution < -0.4 is 4.90 Å². The molecule has 1 amide bonds. The SMILES string of the molecule is Cc1cc(C)c2nc(N3C(=O)C(=O)/C(=C(/O)c4ccccc4)[C@@H]3c3ccc([N+](=O)[O-])cc3)sc2c1. The molecule has 1 aliphatic heterocycles. The first-order valence-electron chi connectivity index (χ1n) is 10.7. The van der Waals surface area contributed by atoms with Crippen molar-refractivity contribution < 1.29 is 19.6 Å². The van der Waals surface area contributed by atoms with Crippen LogP contribution in [0.4, 0.5) is 10.8 Å². The second-order valence-electron chi connectivity index (χ2n) is 8.31. The number of nitro benzene ring substituents is 1. The highest BCUT2D eigenvalue weighted by Gasteiger charge is 2.48. The summed E-state index contributed by atoms with van der Waals surface area (Å²) in [5.41, 5.74) is 3.32. The number of nitrogens with zero attached hydrogens (tertiary/aromatic N) is 3. The van der Waals surface area contributed by atoms with E-state index >= 15 is 0 Å². The molecule has 1 saturated heterocycles. The van der Waals surface area contributed by atoms with E-state index in [0.29, 0.717) is 16.3 Å². The van der Waals surface area contributed by atoms with Gasteiger partial charge in [0.1, 0.15) is 5.76 Å². The topological polar surface area (TPSA) is 114 Å². The van der Waals surface area contributed by atoms with Crippen molar-refractivity contribution in [3.8, 4) is 0 Å². The van der Waals surface area contributed by atoms with Gasteiger partial charge in [-0.15, -0.1) is 0 Å². The number of Topliss-reactive ketones (excluding diaryl/α,β-unsaturated/α-hetero) is 1. The molecule has 5 rings (SSSR count). The molecule has 0 radical (unpaired) electrons. The molecular formula is C26H19N3O5S. The Balaban J connectivity index is 1.74. The Hall–Kier alpha value is -4.37. The van der Waals surface area contributed by atoms with Crippen molar-refractivity contribution in [1.82, 2.24) is 4.98 Å². The van der Waals surface area contributed by atoms with E-state index < -0.39 is 22.7 Å². The van der Waals surface area contributed by atoms with Crippen LogP contribution in [0, 0.1) is 24.0 Å². The van der Waals surface area contributed by atoms with Crippen molar-refractivity contribution in [3.05, 3.63) is 105 Å². The second-order valence-corrected chi connectivity index (χ2v) is 9.32. The molecule has 0 bridgehead atoms. The first-order valence-corrected chi connectivity index (χ1v) is 11.6.